The normalized spacial score (nSPS) is 24.2. The van der Waals surface area contributed by atoms with E-state index in [0.29, 0.717) is 18.1 Å². The Labute approximate surface area is 131 Å². The highest BCUT2D eigenvalue weighted by Gasteiger charge is 2.30. The van der Waals surface area contributed by atoms with E-state index in [2.05, 4.69) is 55.9 Å². The topological polar surface area (TPSA) is 42.3 Å². The summed E-state index contributed by atoms with van der Waals surface area (Å²) in [5.74, 6) is 0. The van der Waals surface area contributed by atoms with E-state index in [1.807, 2.05) is 6.92 Å². The average molecular weight is 294 g/mol. The lowest BCUT2D eigenvalue weighted by Crippen LogP contribution is -2.50. The summed E-state index contributed by atoms with van der Waals surface area (Å²) in [4.78, 5) is 5.01. The second-order valence-electron chi connectivity index (χ2n) is 7.16. The molecular weight excluding hydrogens is 260 g/mol. The van der Waals surface area contributed by atoms with Gasteiger partial charge in [0, 0.05) is 24.7 Å². The molecule has 4 nitrogen and oxygen atoms in total. The van der Waals surface area contributed by atoms with Crippen molar-refractivity contribution in [2.24, 2.45) is 0 Å². The molecule has 0 aliphatic carbocycles. The predicted molar refractivity (Wildman–Crippen MR) is 89.3 cm³/mol. The Morgan fingerprint density at radius 3 is 2.62 bits per heavy atom. The molecule has 0 bridgehead atoms. The van der Waals surface area contributed by atoms with Gasteiger partial charge in [0.1, 0.15) is 5.54 Å². The second-order valence-corrected chi connectivity index (χ2v) is 7.16. The van der Waals surface area contributed by atoms with E-state index >= 15 is 0 Å². The zero-order valence-corrected chi connectivity index (χ0v) is 14.8. The first-order chi connectivity index (χ1) is 9.81. The molecule has 21 heavy (non-hydrogen) atoms. The van der Waals surface area contributed by atoms with Gasteiger partial charge in [-0.2, -0.15) is 5.26 Å². The molecule has 0 amide bonds. The molecule has 1 saturated heterocycles. The van der Waals surface area contributed by atoms with Crippen molar-refractivity contribution in [3.8, 4) is 6.07 Å². The minimum absolute atomic E-state index is 0.331. The van der Waals surface area contributed by atoms with Crippen LogP contribution in [0, 0.1) is 11.3 Å². The van der Waals surface area contributed by atoms with Gasteiger partial charge < -0.3 is 4.90 Å². The molecule has 3 atom stereocenters. The molecule has 0 spiro atoms. The first kappa shape index (κ1) is 18.4. The third-order valence-electron chi connectivity index (χ3n) is 4.71. The van der Waals surface area contributed by atoms with E-state index in [0.717, 1.165) is 19.5 Å². The number of likely N-dealkylation sites (tertiary alicyclic amines) is 1. The molecule has 0 saturated carbocycles. The van der Waals surface area contributed by atoms with Crippen LogP contribution in [0.25, 0.3) is 0 Å². The number of nitrogens with one attached hydrogen (secondary N) is 1. The highest BCUT2D eigenvalue weighted by Crippen LogP contribution is 2.20. The maximum Gasteiger partial charge on any atom is 0.105 e. The number of likely N-dealkylation sites (N-methyl/N-ethyl adjacent to an activating group) is 2. The Hall–Kier alpha value is -0.630. The number of nitrogens with zero attached hydrogens (tertiary/aromatic N) is 3. The Kier molecular flexibility index (Phi) is 7.12. The molecule has 0 aromatic rings. The Morgan fingerprint density at radius 2 is 2.10 bits per heavy atom. The second kappa shape index (κ2) is 8.12. The summed E-state index contributed by atoms with van der Waals surface area (Å²) in [6.45, 7) is 14.2. The fourth-order valence-corrected chi connectivity index (χ4v) is 3.55. The van der Waals surface area contributed by atoms with Gasteiger partial charge in [-0.3, -0.25) is 10.2 Å². The van der Waals surface area contributed by atoms with E-state index < -0.39 is 5.54 Å². The lowest BCUT2D eigenvalue weighted by molar-refractivity contribution is 0.151. The lowest BCUT2D eigenvalue weighted by Gasteiger charge is -2.35. The SMILES string of the molecule is CCN1CCCC1CN(C)C(C)CC(C)(C#N)NC(C)C. The van der Waals surface area contributed by atoms with Crippen molar-refractivity contribution in [1.29, 1.82) is 5.26 Å². The van der Waals surface area contributed by atoms with Crippen LogP contribution < -0.4 is 5.32 Å². The Morgan fingerprint density at radius 1 is 1.43 bits per heavy atom. The molecule has 1 rings (SSSR count). The van der Waals surface area contributed by atoms with E-state index in [-0.39, 0.29) is 0 Å². The molecule has 1 fully saturated rings. The summed E-state index contributed by atoms with van der Waals surface area (Å²) < 4.78 is 0. The minimum atomic E-state index is -0.442. The molecule has 0 aromatic carbocycles. The standard InChI is InChI=1S/C17H34N4/c1-7-21-10-8-9-16(21)12-20(6)15(4)11-17(5,13-18)19-14(2)3/h14-16,19H,7-12H2,1-6H3. The molecule has 122 valence electrons. The first-order valence-corrected chi connectivity index (χ1v) is 8.44. The van der Waals surface area contributed by atoms with Crippen molar-refractivity contribution in [3.63, 3.8) is 0 Å². The highest BCUT2D eigenvalue weighted by atomic mass is 15.2. The fourth-order valence-electron chi connectivity index (χ4n) is 3.55. The third-order valence-corrected chi connectivity index (χ3v) is 4.71. The zero-order valence-electron chi connectivity index (χ0n) is 14.8. The summed E-state index contributed by atoms with van der Waals surface area (Å²) in [6, 6.07) is 3.88. The van der Waals surface area contributed by atoms with E-state index in [9.17, 15) is 5.26 Å². The van der Waals surface area contributed by atoms with E-state index in [4.69, 9.17) is 0 Å². The third kappa shape index (κ3) is 5.58. The maximum atomic E-state index is 9.49. The van der Waals surface area contributed by atoms with Crippen LogP contribution in [-0.2, 0) is 0 Å². The lowest BCUT2D eigenvalue weighted by atomic mass is 9.93. The van der Waals surface area contributed by atoms with Crippen LogP contribution >= 0.6 is 0 Å². The van der Waals surface area contributed by atoms with Crippen LogP contribution in [-0.4, -0.2) is 60.1 Å². The van der Waals surface area contributed by atoms with Gasteiger partial charge in [0.05, 0.1) is 6.07 Å². The van der Waals surface area contributed by atoms with Gasteiger partial charge in [0.25, 0.3) is 0 Å². The van der Waals surface area contributed by atoms with E-state index in [1.54, 1.807) is 0 Å². The highest BCUT2D eigenvalue weighted by molar-refractivity contribution is 5.06. The van der Waals surface area contributed by atoms with Crippen molar-refractivity contribution < 1.29 is 0 Å². The van der Waals surface area contributed by atoms with Crippen LogP contribution in [0.15, 0.2) is 0 Å². The Balaban J connectivity index is 2.53. The van der Waals surface area contributed by atoms with Gasteiger partial charge in [-0.05, 0) is 67.1 Å². The zero-order chi connectivity index (χ0) is 16.0. The van der Waals surface area contributed by atoms with Crippen LogP contribution in [0.5, 0.6) is 0 Å². The van der Waals surface area contributed by atoms with Crippen LogP contribution in [0.2, 0.25) is 0 Å². The average Bonchev–Trinajstić information content (AvgIpc) is 2.84. The number of nitriles is 1. The summed E-state index contributed by atoms with van der Waals surface area (Å²) in [7, 11) is 2.20. The fraction of sp³-hybridized carbons (Fsp3) is 0.941. The molecule has 1 aliphatic rings. The van der Waals surface area contributed by atoms with Crippen molar-refractivity contribution in [3.05, 3.63) is 0 Å². The van der Waals surface area contributed by atoms with Gasteiger partial charge >= 0.3 is 0 Å². The summed E-state index contributed by atoms with van der Waals surface area (Å²) in [6.07, 6.45) is 3.49. The summed E-state index contributed by atoms with van der Waals surface area (Å²) in [5, 5.41) is 12.9. The molecule has 0 radical (unpaired) electrons. The van der Waals surface area contributed by atoms with Crippen molar-refractivity contribution in [2.45, 2.75) is 77.5 Å². The van der Waals surface area contributed by atoms with Crippen molar-refractivity contribution in [1.82, 2.24) is 15.1 Å². The molecule has 0 aromatic heterocycles. The van der Waals surface area contributed by atoms with Crippen LogP contribution in [0.1, 0.15) is 53.9 Å². The van der Waals surface area contributed by atoms with Gasteiger partial charge in [-0.1, -0.05) is 6.92 Å². The monoisotopic (exact) mass is 294 g/mol. The quantitative estimate of drug-likeness (QED) is 0.747. The Bertz CT molecular complexity index is 349. The summed E-state index contributed by atoms with van der Waals surface area (Å²) in [5.41, 5.74) is -0.442. The smallest absolute Gasteiger partial charge is 0.105 e. The minimum Gasteiger partial charge on any atom is -0.302 e. The molecule has 1 heterocycles. The number of rotatable bonds is 8. The van der Waals surface area contributed by atoms with Gasteiger partial charge in [0.15, 0.2) is 0 Å². The van der Waals surface area contributed by atoms with Crippen LogP contribution in [0.3, 0.4) is 0 Å². The van der Waals surface area contributed by atoms with Crippen molar-refractivity contribution >= 4 is 0 Å². The maximum absolute atomic E-state index is 9.49. The van der Waals surface area contributed by atoms with Gasteiger partial charge in [-0.25, -0.2) is 0 Å². The van der Waals surface area contributed by atoms with Crippen LogP contribution in [0.4, 0.5) is 0 Å². The molecule has 1 aliphatic heterocycles. The molecule has 1 N–H and O–H groups in total. The predicted octanol–water partition coefficient (Wildman–Crippen LogP) is 2.46. The number of hydrogen-bond donors (Lipinski definition) is 1. The first-order valence-electron chi connectivity index (χ1n) is 8.44. The van der Waals surface area contributed by atoms with Crippen molar-refractivity contribution in [2.75, 3.05) is 26.7 Å². The molecule has 3 unspecified atom stereocenters. The van der Waals surface area contributed by atoms with Gasteiger partial charge in [-0.15, -0.1) is 0 Å². The van der Waals surface area contributed by atoms with E-state index in [1.165, 1.54) is 19.4 Å². The largest absolute Gasteiger partial charge is 0.302 e. The number of hydrogen-bond acceptors (Lipinski definition) is 4. The summed E-state index contributed by atoms with van der Waals surface area (Å²) >= 11 is 0. The molecule has 4 heteroatoms. The molecular formula is C17H34N4. The van der Waals surface area contributed by atoms with Gasteiger partial charge in [0.2, 0.25) is 0 Å².